The average Bonchev–Trinajstić information content (AvgIpc) is 2.18. The summed E-state index contributed by atoms with van der Waals surface area (Å²) in [7, 11) is 0. The third-order valence-corrected chi connectivity index (χ3v) is 2.39. The molecular weight excluding hydrogens is 198 g/mol. The second kappa shape index (κ2) is 4.88. The quantitative estimate of drug-likeness (QED) is 0.555. The standard InChI is InChI=1S/C9H15N3O3/c1-2-6(3-10)9(15)12-4-7(13)11-8(14)5-12/h6H,2-5,10H2,1H3,(H,11,13,14). The molecule has 1 rings (SSSR count). The number of hydrogen-bond donors (Lipinski definition) is 2. The Morgan fingerprint density at radius 3 is 2.40 bits per heavy atom. The van der Waals surface area contributed by atoms with Crippen LogP contribution in [0.5, 0.6) is 0 Å². The van der Waals surface area contributed by atoms with Gasteiger partial charge in [0, 0.05) is 6.54 Å². The van der Waals surface area contributed by atoms with Crippen LogP contribution in [0.4, 0.5) is 0 Å². The van der Waals surface area contributed by atoms with Gasteiger partial charge in [0.2, 0.25) is 17.7 Å². The Labute approximate surface area is 87.8 Å². The lowest BCUT2D eigenvalue weighted by atomic mass is 10.0. The van der Waals surface area contributed by atoms with Gasteiger partial charge in [-0.15, -0.1) is 0 Å². The molecule has 1 aliphatic heterocycles. The molecule has 6 heteroatoms. The lowest BCUT2D eigenvalue weighted by Crippen LogP contribution is -2.55. The number of piperazine rings is 1. The zero-order valence-electron chi connectivity index (χ0n) is 8.66. The lowest BCUT2D eigenvalue weighted by molar-refractivity contribution is -0.147. The van der Waals surface area contributed by atoms with Crippen molar-refractivity contribution in [2.45, 2.75) is 13.3 Å². The van der Waals surface area contributed by atoms with Crippen molar-refractivity contribution in [3.63, 3.8) is 0 Å². The topological polar surface area (TPSA) is 92.5 Å². The average molecular weight is 213 g/mol. The second-order valence-electron chi connectivity index (χ2n) is 3.51. The van der Waals surface area contributed by atoms with Crippen LogP contribution in [0.15, 0.2) is 0 Å². The van der Waals surface area contributed by atoms with E-state index in [1.165, 1.54) is 4.90 Å². The molecule has 1 saturated heterocycles. The van der Waals surface area contributed by atoms with Gasteiger partial charge in [0.1, 0.15) is 13.1 Å². The van der Waals surface area contributed by atoms with Crippen molar-refractivity contribution in [2.24, 2.45) is 11.7 Å². The monoisotopic (exact) mass is 213 g/mol. The summed E-state index contributed by atoms with van der Waals surface area (Å²) in [4.78, 5) is 35.1. The Kier molecular flexibility index (Phi) is 3.79. The number of carbonyl (C=O) groups excluding carboxylic acids is 3. The minimum absolute atomic E-state index is 0.0545. The van der Waals surface area contributed by atoms with E-state index in [4.69, 9.17) is 5.73 Å². The number of amides is 3. The predicted octanol–water partition coefficient (Wildman–Crippen LogP) is -1.54. The fraction of sp³-hybridized carbons (Fsp3) is 0.667. The molecule has 1 unspecified atom stereocenters. The number of nitrogens with two attached hydrogens (primary N) is 1. The van der Waals surface area contributed by atoms with Crippen LogP contribution in [0.2, 0.25) is 0 Å². The summed E-state index contributed by atoms with van der Waals surface area (Å²) >= 11 is 0. The van der Waals surface area contributed by atoms with Crippen molar-refractivity contribution >= 4 is 17.7 Å². The van der Waals surface area contributed by atoms with Crippen LogP contribution in [0.3, 0.4) is 0 Å². The van der Waals surface area contributed by atoms with Gasteiger partial charge in [0.05, 0.1) is 5.92 Å². The lowest BCUT2D eigenvalue weighted by Gasteiger charge is -2.28. The Bertz CT molecular complexity index is 270. The molecule has 6 nitrogen and oxygen atoms in total. The highest BCUT2D eigenvalue weighted by atomic mass is 16.2. The molecule has 0 aromatic carbocycles. The number of nitrogens with zero attached hydrogens (tertiary/aromatic N) is 1. The minimum Gasteiger partial charge on any atom is -0.330 e. The van der Waals surface area contributed by atoms with E-state index in [0.29, 0.717) is 6.42 Å². The van der Waals surface area contributed by atoms with E-state index in [1.54, 1.807) is 0 Å². The van der Waals surface area contributed by atoms with Crippen LogP contribution >= 0.6 is 0 Å². The fourth-order valence-corrected chi connectivity index (χ4v) is 1.49. The van der Waals surface area contributed by atoms with E-state index in [9.17, 15) is 14.4 Å². The highest BCUT2D eigenvalue weighted by molar-refractivity contribution is 6.02. The first-order valence-electron chi connectivity index (χ1n) is 4.90. The molecule has 1 fully saturated rings. The van der Waals surface area contributed by atoms with Gasteiger partial charge in [-0.2, -0.15) is 0 Å². The Morgan fingerprint density at radius 1 is 1.47 bits per heavy atom. The van der Waals surface area contributed by atoms with Crippen LogP contribution in [0.25, 0.3) is 0 Å². The van der Waals surface area contributed by atoms with Gasteiger partial charge < -0.3 is 10.6 Å². The first-order valence-corrected chi connectivity index (χ1v) is 4.90. The van der Waals surface area contributed by atoms with Crippen molar-refractivity contribution in [2.75, 3.05) is 19.6 Å². The summed E-state index contributed by atoms with van der Waals surface area (Å²) in [6.45, 7) is 1.98. The summed E-state index contributed by atoms with van der Waals surface area (Å²) in [6, 6.07) is 0. The minimum atomic E-state index is -0.438. The molecule has 1 heterocycles. The van der Waals surface area contributed by atoms with Crippen LogP contribution in [0.1, 0.15) is 13.3 Å². The van der Waals surface area contributed by atoms with Gasteiger partial charge in [0.25, 0.3) is 0 Å². The number of nitrogens with one attached hydrogen (secondary N) is 1. The molecule has 3 amide bonds. The molecule has 0 radical (unpaired) electrons. The Hall–Kier alpha value is -1.43. The largest absolute Gasteiger partial charge is 0.330 e. The SMILES string of the molecule is CCC(CN)C(=O)N1CC(=O)NC(=O)C1. The van der Waals surface area contributed by atoms with Gasteiger partial charge in [-0.25, -0.2) is 0 Å². The summed E-state index contributed by atoms with van der Waals surface area (Å²) in [5.74, 6) is -1.40. The first-order chi connectivity index (χ1) is 7.08. The highest BCUT2D eigenvalue weighted by Crippen LogP contribution is 2.07. The molecule has 0 aliphatic carbocycles. The molecule has 3 N–H and O–H groups in total. The normalized spacial score (nSPS) is 18.7. The molecule has 84 valence electrons. The van der Waals surface area contributed by atoms with Crippen LogP contribution < -0.4 is 11.1 Å². The Balaban J connectivity index is 2.66. The molecule has 15 heavy (non-hydrogen) atoms. The van der Waals surface area contributed by atoms with Crippen molar-refractivity contribution in [1.29, 1.82) is 0 Å². The maximum absolute atomic E-state index is 11.8. The van der Waals surface area contributed by atoms with Gasteiger partial charge in [0.15, 0.2) is 0 Å². The molecule has 0 bridgehead atoms. The van der Waals surface area contributed by atoms with E-state index in [2.05, 4.69) is 5.32 Å². The maximum atomic E-state index is 11.8. The molecule has 1 aliphatic rings. The van der Waals surface area contributed by atoms with E-state index in [1.807, 2.05) is 6.92 Å². The molecular formula is C9H15N3O3. The molecule has 1 atom stereocenters. The maximum Gasteiger partial charge on any atom is 0.246 e. The summed E-state index contributed by atoms with van der Waals surface area (Å²) in [5, 5.41) is 2.14. The number of hydrogen-bond acceptors (Lipinski definition) is 4. The van der Waals surface area contributed by atoms with Crippen molar-refractivity contribution in [3.05, 3.63) is 0 Å². The van der Waals surface area contributed by atoms with Gasteiger partial charge >= 0.3 is 0 Å². The molecule has 0 aromatic heterocycles. The zero-order chi connectivity index (χ0) is 11.4. The highest BCUT2D eigenvalue weighted by Gasteiger charge is 2.29. The Morgan fingerprint density at radius 2 is 2.00 bits per heavy atom. The number of imide groups is 1. The van der Waals surface area contributed by atoms with E-state index < -0.39 is 11.8 Å². The van der Waals surface area contributed by atoms with Gasteiger partial charge in [-0.05, 0) is 6.42 Å². The van der Waals surface area contributed by atoms with E-state index >= 15 is 0 Å². The summed E-state index contributed by atoms with van der Waals surface area (Å²) in [5.41, 5.74) is 5.43. The smallest absolute Gasteiger partial charge is 0.246 e. The van der Waals surface area contributed by atoms with E-state index in [-0.39, 0.29) is 31.5 Å². The molecule has 0 saturated carbocycles. The first kappa shape index (κ1) is 11.6. The van der Waals surface area contributed by atoms with Crippen molar-refractivity contribution < 1.29 is 14.4 Å². The third-order valence-electron chi connectivity index (χ3n) is 2.39. The van der Waals surface area contributed by atoms with Crippen molar-refractivity contribution in [3.8, 4) is 0 Å². The van der Waals surface area contributed by atoms with Crippen molar-refractivity contribution in [1.82, 2.24) is 10.2 Å². The number of rotatable bonds is 3. The molecule has 0 aromatic rings. The molecule has 0 spiro atoms. The summed E-state index contributed by atoms with van der Waals surface area (Å²) < 4.78 is 0. The fourth-order valence-electron chi connectivity index (χ4n) is 1.49. The predicted molar refractivity (Wildman–Crippen MR) is 52.6 cm³/mol. The van der Waals surface area contributed by atoms with Gasteiger partial charge in [-0.1, -0.05) is 6.92 Å². The second-order valence-corrected chi connectivity index (χ2v) is 3.51. The van der Waals surface area contributed by atoms with Crippen LogP contribution in [-0.2, 0) is 14.4 Å². The summed E-state index contributed by atoms with van der Waals surface area (Å²) in [6.07, 6.45) is 0.613. The van der Waals surface area contributed by atoms with Gasteiger partial charge in [-0.3, -0.25) is 19.7 Å². The zero-order valence-corrected chi connectivity index (χ0v) is 8.66. The van der Waals surface area contributed by atoms with E-state index in [0.717, 1.165) is 0 Å². The third kappa shape index (κ3) is 2.76. The van der Waals surface area contributed by atoms with Crippen LogP contribution in [-0.4, -0.2) is 42.3 Å². The van der Waals surface area contributed by atoms with Crippen LogP contribution in [0, 0.1) is 5.92 Å². The number of carbonyl (C=O) groups is 3.